The molecule has 3 heterocycles. The van der Waals surface area contributed by atoms with Gasteiger partial charge in [0.1, 0.15) is 24.3 Å². The SMILES string of the molecule is C=CC=N/C=C(\N/C=C/F)c1nn(CC(F)(F)F)c2cc(C(=O)N3CCC(O)(C(F)(F)F)CC3)ncc12.F. The molecule has 1 saturated heterocycles. The first-order valence-electron chi connectivity index (χ1n) is 10.7. The number of alkyl halides is 6. The Hall–Kier alpha value is -3.82. The zero-order valence-corrected chi connectivity index (χ0v) is 19.4. The molecule has 3 rings (SSSR count). The van der Waals surface area contributed by atoms with Crippen LogP contribution in [0.5, 0.6) is 0 Å². The first kappa shape index (κ1) is 30.4. The van der Waals surface area contributed by atoms with Crippen molar-refractivity contribution >= 4 is 28.7 Å². The predicted octanol–water partition coefficient (Wildman–Crippen LogP) is 4.26. The summed E-state index contributed by atoms with van der Waals surface area (Å²) >= 11 is 0. The average molecular weight is 554 g/mol. The Labute approximate surface area is 210 Å². The third-order valence-electron chi connectivity index (χ3n) is 5.54. The summed E-state index contributed by atoms with van der Waals surface area (Å²) in [5, 5.41) is 16.3. The maximum atomic E-state index is 13.3. The second-order valence-electron chi connectivity index (χ2n) is 8.04. The number of nitrogens with one attached hydrogen (secondary N) is 1. The number of halogens is 8. The van der Waals surface area contributed by atoms with Crippen LogP contribution in [-0.4, -0.2) is 67.9 Å². The lowest BCUT2D eigenvalue weighted by molar-refractivity contribution is -0.271. The molecule has 208 valence electrons. The smallest absolute Gasteiger partial charge is 0.380 e. The normalized spacial score (nSPS) is 16.7. The van der Waals surface area contributed by atoms with Gasteiger partial charge < -0.3 is 15.3 Å². The summed E-state index contributed by atoms with van der Waals surface area (Å²) < 4.78 is 92.1. The number of aliphatic imine (C=N–C) groups is 1. The van der Waals surface area contributed by atoms with Crippen molar-refractivity contribution in [3.63, 3.8) is 0 Å². The Bertz CT molecular complexity index is 1240. The largest absolute Gasteiger partial charge is 0.417 e. The van der Waals surface area contributed by atoms with Crippen molar-refractivity contribution in [1.82, 2.24) is 25.0 Å². The minimum absolute atomic E-state index is 0. The predicted molar refractivity (Wildman–Crippen MR) is 122 cm³/mol. The van der Waals surface area contributed by atoms with Gasteiger partial charge in [0.25, 0.3) is 5.91 Å². The third-order valence-corrected chi connectivity index (χ3v) is 5.54. The van der Waals surface area contributed by atoms with Crippen LogP contribution in [0.2, 0.25) is 0 Å². The summed E-state index contributed by atoms with van der Waals surface area (Å²) in [6.07, 6.45) is -5.24. The number of carbonyl (C=O) groups is 1. The molecule has 38 heavy (non-hydrogen) atoms. The molecule has 1 fully saturated rings. The lowest BCUT2D eigenvalue weighted by atomic mass is 9.90. The van der Waals surface area contributed by atoms with Gasteiger partial charge in [0.2, 0.25) is 0 Å². The Balaban J connectivity index is 0.00000507. The molecule has 16 heteroatoms. The zero-order valence-electron chi connectivity index (χ0n) is 19.4. The fourth-order valence-corrected chi connectivity index (χ4v) is 3.67. The summed E-state index contributed by atoms with van der Waals surface area (Å²) in [5.41, 5.74) is -3.50. The number of carbonyl (C=O) groups excluding carboxylic acids is 1. The van der Waals surface area contributed by atoms with Crippen molar-refractivity contribution < 1.29 is 45.3 Å². The molecule has 0 aromatic carbocycles. The Morgan fingerprint density at radius 2 is 1.89 bits per heavy atom. The van der Waals surface area contributed by atoms with Crippen molar-refractivity contribution in [3.8, 4) is 0 Å². The van der Waals surface area contributed by atoms with Crippen LogP contribution in [0.3, 0.4) is 0 Å². The fraction of sp³-hybridized carbons (Fsp3) is 0.364. The number of hydrogen-bond acceptors (Lipinski definition) is 6. The average Bonchev–Trinajstić information content (AvgIpc) is 3.16. The topological polar surface area (TPSA) is 95.6 Å². The Morgan fingerprint density at radius 3 is 2.45 bits per heavy atom. The van der Waals surface area contributed by atoms with E-state index in [2.05, 4.69) is 27.0 Å². The van der Waals surface area contributed by atoms with Gasteiger partial charge in [-0.1, -0.05) is 12.7 Å². The van der Waals surface area contributed by atoms with E-state index in [0.29, 0.717) is 4.68 Å². The highest BCUT2D eigenvalue weighted by atomic mass is 19.4. The molecule has 0 atom stereocenters. The molecule has 1 amide bonds. The molecule has 8 nitrogen and oxygen atoms in total. The highest BCUT2D eigenvalue weighted by Gasteiger charge is 2.55. The van der Waals surface area contributed by atoms with Crippen LogP contribution in [-0.2, 0) is 6.54 Å². The molecule has 2 aromatic heterocycles. The lowest BCUT2D eigenvalue weighted by Gasteiger charge is -2.38. The van der Waals surface area contributed by atoms with Crippen molar-refractivity contribution in [3.05, 3.63) is 55.0 Å². The first-order chi connectivity index (χ1) is 17.3. The van der Waals surface area contributed by atoms with Gasteiger partial charge in [0, 0.05) is 49.9 Å². The van der Waals surface area contributed by atoms with Crippen LogP contribution in [0.25, 0.3) is 16.6 Å². The summed E-state index contributed by atoms with van der Waals surface area (Å²) in [4.78, 5) is 21.8. The minimum Gasteiger partial charge on any atom is -0.380 e. The molecule has 0 spiro atoms. The van der Waals surface area contributed by atoms with Gasteiger partial charge >= 0.3 is 12.4 Å². The second kappa shape index (κ2) is 11.7. The van der Waals surface area contributed by atoms with Gasteiger partial charge in [-0.15, -0.1) is 0 Å². The van der Waals surface area contributed by atoms with Gasteiger partial charge in [-0.05, 0) is 6.07 Å². The molecular formula is C22H22F8N6O2. The van der Waals surface area contributed by atoms with Gasteiger partial charge in [-0.3, -0.25) is 24.2 Å². The van der Waals surface area contributed by atoms with Crippen molar-refractivity contribution in [2.45, 2.75) is 37.3 Å². The number of likely N-dealkylation sites (tertiary alicyclic amines) is 1. The van der Waals surface area contributed by atoms with Crippen LogP contribution < -0.4 is 5.32 Å². The Kier molecular flexibility index (Phi) is 9.37. The molecule has 1 aliphatic rings. The van der Waals surface area contributed by atoms with Gasteiger partial charge in [0.15, 0.2) is 5.60 Å². The number of allylic oxidation sites excluding steroid dienone is 1. The van der Waals surface area contributed by atoms with Crippen molar-refractivity contribution in [2.24, 2.45) is 4.99 Å². The van der Waals surface area contributed by atoms with Gasteiger partial charge in [-0.2, -0.15) is 31.4 Å². The van der Waals surface area contributed by atoms with Crippen molar-refractivity contribution in [1.29, 1.82) is 0 Å². The van der Waals surface area contributed by atoms with E-state index in [1.807, 2.05) is 0 Å². The number of fused-ring (bicyclic) bond motifs is 1. The highest BCUT2D eigenvalue weighted by molar-refractivity contribution is 5.98. The lowest BCUT2D eigenvalue weighted by Crippen LogP contribution is -2.54. The second-order valence-corrected chi connectivity index (χ2v) is 8.04. The quantitative estimate of drug-likeness (QED) is 0.394. The third kappa shape index (κ3) is 6.73. The molecule has 2 aromatic rings. The first-order valence-corrected chi connectivity index (χ1v) is 10.7. The molecule has 0 saturated carbocycles. The summed E-state index contributed by atoms with van der Waals surface area (Å²) in [7, 11) is 0. The number of aromatic nitrogens is 3. The number of nitrogens with zero attached hydrogens (tertiary/aromatic N) is 5. The van der Waals surface area contributed by atoms with Gasteiger partial charge in [-0.25, -0.2) is 4.39 Å². The molecule has 0 radical (unpaired) electrons. The Morgan fingerprint density at radius 1 is 1.24 bits per heavy atom. The van der Waals surface area contributed by atoms with E-state index in [-0.39, 0.29) is 39.0 Å². The van der Waals surface area contributed by atoms with Crippen molar-refractivity contribution in [2.75, 3.05) is 13.1 Å². The monoisotopic (exact) mass is 554 g/mol. The molecule has 2 N–H and O–H groups in total. The highest BCUT2D eigenvalue weighted by Crippen LogP contribution is 2.38. The fourth-order valence-electron chi connectivity index (χ4n) is 3.67. The zero-order chi connectivity index (χ0) is 27.4. The van der Waals surface area contributed by atoms with E-state index in [9.17, 15) is 40.6 Å². The number of rotatable bonds is 7. The van der Waals surface area contributed by atoms with Gasteiger partial charge in [0.05, 0.1) is 17.4 Å². The van der Waals surface area contributed by atoms with Crippen LogP contribution in [0.1, 0.15) is 29.0 Å². The molecular weight excluding hydrogens is 532 g/mol. The number of hydrogen-bond donors (Lipinski definition) is 2. The number of pyridine rings is 1. The molecule has 0 aliphatic carbocycles. The molecule has 1 aliphatic heterocycles. The van der Waals surface area contributed by atoms with Crippen LogP contribution in [0.15, 0.2) is 48.6 Å². The van der Waals surface area contributed by atoms with E-state index < -0.39 is 56.3 Å². The molecule has 0 bridgehead atoms. The van der Waals surface area contributed by atoms with Crippen LogP contribution >= 0.6 is 0 Å². The van der Waals surface area contributed by atoms with Crippen LogP contribution in [0.4, 0.5) is 35.4 Å². The summed E-state index contributed by atoms with van der Waals surface area (Å²) in [5.74, 6) is -0.822. The maximum absolute atomic E-state index is 13.3. The summed E-state index contributed by atoms with van der Waals surface area (Å²) in [6, 6.07) is 1.04. The number of amides is 1. The standard InChI is InChI=1S/C22H21F7N6O2.FH/c1-2-6-30-12-16(31-7-5-23)18-14-11-32-15(10-17(14)35(33-18)13-21(24,25)26)19(36)34-8-3-20(37,4-9-34)22(27,28)29;/h2,5-7,10-12,31,37H,1,3-4,8-9,13H2;1H/b7-5+,16-12-,30-6?;. The maximum Gasteiger partial charge on any atom is 0.417 e. The van der Waals surface area contributed by atoms with E-state index >= 15 is 0 Å². The number of aliphatic hydroxyl groups is 1. The van der Waals surface area contributed by atoms with E-state index in [1.165, 1.54) is 12.3 Å². The molecule has 0 unspecified atom stereocenters. The van der Waals surface area contributed by atoms with E-state index in [4.69, 9.17) is 0 Å². The minimum atomic E-state index is -4.87. The van der Waals surface area contributed by atoms with E-state index in [0.717, 1.165) is 29.6 Å². The van der Waals surface area contributed by atoms with Crippen LogP contribution in [0, 0.1) is 0 Å². The van der Waals surface area contributed by atoms with E-state index in [1.54, 1.807) is 0 Å². The summed E-state index contributed by atoms with van der Waals surface area (Å²) in [6.45, 7) is 1.03. The number of piperidine rings is 1.